The Morgan fingerprint density at radius 2 is 2.09 bits per heavy atom. The summed E-state index contributed by atoms with van der Waals surface area (Å²) in [5.41, 5.74) is -0.533. The van der Waals surface area contributed by atoms with Gasteiger partial charge in [-0.1, -0.05) is 12.2 Å². The highest BCUT2D eigenvalue weighted by atomic mass is 32.2. The molecular formula is C14H17NO5S2. The van der Waals surface area contributed by atoms with Crippen molar-refractivity contribution in [1.29, 1.82) is 0 Å². The molecule has 3 heterocycles. The van der Waals surface area contributed by atoms with Gasteiger partial charge in [-0.05, 0) is 25.8 Å². The van der Waals surface area contributed by atoms with Crippen LogP contribution in [0.1, 0.15) is 27.4 Å². The van der Waals surface area contributed by atoms with E-state index < -0.39 is 21.5 Å². The van der Waals surface area contributed by atoms with Gasteiger partial charge in [-0.25, -0.2) is 13.2 Å². The molecule has 0 radical (unpaired) electrons. The zero-order valence-corrected chi connectivity index (χ0v) is 13.7. The van der Waals surface area contributed by atoms with Gasteiger partial charge in [0.2, 0.25) is 10.0 Å². The zero-order chi connectivity index (χ0) is 16.0. The number of carboxylic acids is 1. The lowest BCUT2D eigenvalue weighted by atomic mass is 9.92. The number of carbonyl (C=O) groups is 1. The topological polar surface area (TPSA) is 83.9 Å². The van der Waals surface area contributed by atoms with E-state index >= 15 is 0 Å². The fourth-order valence-electron chi connectivity index (χ4n) is 3.06. The summed E-state index contributed by atoms with van der Waals surface area (Å²) in [7, 11) is -3.73. The van der Waals surface area contributed by atoms with Crippen LogP contribution >= 0.6 is 11.3 Å². The third-order valence-corrected chi connectivity index (χ3v) is 7.45. The average molecular weight is 343 g/mol. The third kappa shape index (κ3) is 2.40. The molecule has 3 rings (SSSR count). The van der Waals surface area contributed by atoms with Crippen LogP contribution in [-0.4, -0.2) is 49.1 Å². The van der Waals surface area contributed by atoms with Gasteiger partial charge < -0.3 is 9.84 Å². The molecule has 0 bridgehead atoms. The lowest BCUT2D eigenvalue weighted by molar-refractivity contribution is 0.0355. The molecule has 0 atom stereocenters. The predicted octanol–water partition coefficient (Wildman–Crippen LogP) is 1.86. The molecule has 2 aliphatic heterocycles. The van der Waals surface area contributed by atoms with Gasteiger partial charge in [-0.2, -0.15) is 4.31 Å². The minimum atomic E-state index is -3.73. The molecule has 1 fully saturated rings. The van der Waals surface area contributed by atoms with Crippen molar-refractivity contribution in [3.05, 3.63) is 28.0 Å². The van der Waals surface area contributed by atoms with Gasteiger partial charge >= 0.3 is 5.97 Å². The Kier molecular flexibility index (Phi) is 3.88. The lowest BCUT2D eigenvalue weighted by Crippen LogP contribution is -2.50. The van der Waals surface area contributed by atoms with Crippen LogP contribution < -0.4 is 0 Å². The van der Waals surface area contributed by atoms with Gasteiger partial charge in [-0.3, -0.25) is 0 Å². The van der Waals surface area contributed by atoms with Gasteiger partial charge in [0.1, 0.15) is 4.88 Å². The van der Waals surface area contributed by atoms with Crippen LogP contribution in [0.15, 0.2) is 23.1 Å². The van der Waals surface area contributed by atoms with E-state index in [1.165, 1.54) is 10.4 Å². The first-order valence-electron chi connectivity index (χ1n) is 6.99. The maximum absolute atomic E-state index is 13.0. The largest absolute Gasteiger partial charge is 0.477 e. The summed E-state index contributed by atoms with van der Waals surface area (Å²) in [6, 6.07) is 1.27. The summed E-state index contributed by atoms with van der Waals surface area (Å²) in [6.07, 6.45) is 5.06. The molecule has 8 heteroatoms. The van der Waals surface area contributed by atoms with E-state index in [1.54, 1.807) is 6.92 Å². The predicted molar refractivity (Wildman–Crippen MR) is 81.8 cm³/mol. The van der Waals surface area contributed by atoms with E-state index in [0.717, 1.165) is 11.3 Å². The van der Waals surface area contributed by atoms with E-state index in [2.05, 4.69) is 0 Å². The Morgan fingerprint density at radius 1 is 1.41 bits per heavy atom. The fourth-order valence-corrected chi connectivity index (χ4v) is 6.20. The molecule has 1 N–H and O–H groups in total. The molecule has 22 heavy (non-hydrogen) atoms. The quantitative estimate of drug-likeness (QED) is 0.847. The van der Waals surface area contributed by atoms with Crippen LogP contribution in [0.3, 0.4) is 0 Å². The van der Waals surface area contributed by atoms with Crippen molar-refractivity contribution in [1.82, 2.24) is 4.31 Å². The van der Waals surface area contributed by atoms with Crippen LogP contribution in [-0.2, 0) is 14.8 Å². The maximum Gasteiger partial charge on any atom is 0.345 e. The van der Waals surface area contributed by atoms with Crippen molar-refractivity contribution in [3.8, 4) is 0 Å². The molecule has 2 aliphatic rings. The van der Waals surface area contributed by atoms with Gasteiger partial charge in [0.15, 0.2) is 0 Å². The highest BCUT2D eigenvalue weighted by Crippen LogP contribution is 2.39. The Balaban J connectivity index is 2.01. The second kappa shape index (κ2) is 5.45. The number of hydrogen-bond acceptors (Lipinski definition) is 5. The molecule has 1 aromatic rings. The molecule has 0 aromatic carbocycles. The average Bonchev–Trinajstić information content (AvgIpc) is 3.05. The Hall–Kier alpha value is -1.22. The van der Waals surface area contributed by atoms with Crippen LogP contribution in [0.2, 0.25) is 0 Å². The Labute approximate surface area is 133 Å². The van der Waals surface area contributed by atoms with E-state index in [-0.39, 0.29) is 9.77 Å². The lowest BCUT2D eigenvalue weighted by Gasteiger charge is -2.39. The number of aromatic carboxylic acids is 1. The first-order chi connectivity index (χ1) is 10.4. The normalized spacial score (nSPS) is 21.5. The van der Waals surface area contributed by atoms with Crippen molar-refractivity contribution in [3.63, 3.8) is 0 Å². The van der Waals surface area contributed by atoms with E-state index in [9.17, 15) is 13.2 Å². The number of hydrogen-bond donors (Lipinski definition) is 1. The Morgan fingerprint density at radius 3 is 2.68 bits per heavy atom. The van der Waals surface area contributed by atoms with Crippen molar-refractivity contribution < 1.29 is 23.1 Å². The number of sulfonamides is 1. The zero-order valence-electron chi connectivity index (χ0n) is 12.1. The third-order valence-electron chi connectivity index (χ3n) is 4.21. The molecule has 0 amide bonds. The van der Waals surface area contributed by atoms with Crippen molar-refractivity contribution in [2.45, 2.75) is 30.2 Å². The van der Waals surface area contributed by atoms with Gasteiger partial charge in [0.25, 0.3) is 0 Å². The standard InChI is InChI=1S/C14H17NO5S2/c1-10-12(9-11(21-10)13(16)17)22(18,19)15-6-2-3-14(15)4-7-20-8-5-14/h2-3,9H,4-8H2,1H3,(H,16,17). The van der Waals surface area contributed by atoms with Gasteiger partial charge in [-0.15, -0.1) is 11.3 Å². The summed E-state index contributed by atoms with van der Waals surface area (Å²) in [5, 5.41) is 9.07. The van der Waals surface area contributed by atoms with Crippen LogP contribution in [0.4, 0.5) is 0 Å². The molecule has 1 aromatic heterocycles. The molecule has 6 nitrogen and oxygen atoms in total. The number of thiophene rings is 1. The summed E-state index contributed by atoms with van der Waals surface area (Å²) < 4.78 is 32.9. The number of nitrogens with zero attached hydrogens (tertiary/aromatic N) is 1. The molecule has 1 saturated heterocycles. The van der Waals surface area contributed by atoms with Gasteiger partial charge in [0, 0.05) is 24.6 Å². The summed E-state index contributed by atoms with van der Waals surface area (Å²) in [4.78, 5) is 11.7. The van der Waals surface area contributed by atoms with Crippen LogP contribution in [0, 0.1) is 6.92 Å². The monoisotopic (exact) mass is 343 g/mol. The minimum Gasteiger partial charge on any atom is -0.477 e. The van der Waals surface area contributed by atoms with Crippen molar-refractivity contribution >= 4 is 27.3 Å². The van der Waals surface area contributed by atoms with Crippen LogP contribution in [0.5, 0.6) is 0 Å². The Bertz CT molecular complexity index is 728. The SMILES string of the molecule is Cc1sc(C(=O)O)cc1S(=O)(=O)N1CC=CC12CCOCC2. The number of aryl methyl sites for hydroxylation is 1. The fraction of sp³-hybridized carbons (Fsp3) is 0.500. The van der Waals surface area contributed by atoms with E-state index in [1.807, 2.05) is 12.2 Å². The summed E-state index contributed by atoms with van der Waals surface area (Å²) in [5.74, 6) is -1.10. The van der Waals surface area contributed by atoms with Crippen molar-refractivity contribution in [2.24, 2.45) is 0 Å². The van der Waals surface area contributed by atoms with Crippen LogP contribution in [0.25, 0.3) is 0 Å². The smallest absolute Gasteiger partial charge is 0.345 e. The van der Waals surface area contributed by atoms with Crippen molar-refractivity contribution in [2.75, 3.05) is 19.8 Å². The number of carboxylic acid groups (broad SMARTS) is 1. The number of rotatable bonds is 3. The summed E-state index contributed by atoms with van der Waals surface area (Å²) >= 11 is 0.993. The molecule has 1 spiro atoms. The van der Waals surface area contributed by atoms with E-state index in [0.29, 0.717) is 37.5 Å². The highest BCUT2D eigenvalue weighted by molar-refractivity contribution is 7.89. The second-order valence-corrected chi connectivity index (χ2v) is 8.58. The number of ether oxygens (including phenoxy) is 1. The summed E-state index contributed by atoms with van der Waals surface area (Å²) in [6.45, 7) is 3.02. The minimum absolute atomic E-state index is 0.0456. The molecule has 0 saturated carbocycles. The second-order valence-electron chi connectivity index (χ2n) is 5.49. The first kappa shape index (κ1) is 15.7. The van der Waals surface area contributed by atoms with Gasteiger partial charge in [0.05, 0.1) is 10.4 Å². The maximum atomic E-state index is 13.0. The molecule has 120 valence electrons. The molecular weight excluding hydrogens is 326 g/mol. The van der Waals surface area contributed by atoms with E-state index in [4.69, 9.17) is 9.84 Å². The highest BCUT2D eigenvalue weighted by Gasteiger charge is 2.46. The first-order valence-corrected chi connectivity index (χ1v) is 9.24. The molecule has 0 unspecified atom stereocenters. The molecule has 0 aliphatic carbocycles.